The molecule has 232 valence electrons. The molecule has 11 nitrogen and oxygen atoms in total. The summed E-state index contributed by atoms with van der Waals surface area (Å²) in [5.41, 5.74) is 0.666. The van der Waals surface area contributed by atoms with Gasteiger partial charge in [0, 0.05) is 26.2 Å². The molecule has 1 atom stereocenters. The highest BCUT2D eigenvalue weighted by atomic mass is 32.2. The highest BCUT2D eigenvalue weighted by Crippen LogP contribution is 2.28. The average molecular weight is 636 g/mol. The molecule has 3 aromatic rings. The Morgan fingerprint density at radius 3 is 2.00 bits per heavy atom. The van der Waals surface area contributed by atoms with Crippen molar-refractivity contribution in [3.63, 3.8) is 0 Å². The number of carbonyl (C=O) groups excluding carboxylic acids is 1. The quantitative estimate of drug-likeness (QED) is 0.341. The zero-order valence-corrected chi connectivity index (χ0v) is 22.7. The van der Waals surface area contributed by atoms with Crippen molar-refractivity contribution in [3.05, 3.63) is 72.2 Å². The van der Waals surface area contributed by atoms with Crippen LogP contribution in [0, 0.1) is 0 Å². The maximum Gasteiger partial charge on any atom is 0.573 e. The first-order chi connectivity index (χ1) is 20.1. The van der Waals surface area contributed by atoms with Crippen LogP contribution in [0.4, 0.5) is 32.2 Å². The predicted molar refractivity (Wildman–Crippen MR) is 136 cm³/mol. The van der Waals surface area contributed by atoms with Crippen molar-refractivity contribution >= 4 is 21.7 Å². The summed E-state index contributed by atoms with van der Waals surface area (Å²) in [5, 5.41) is 11.8. The summed E-state index contributed by atoms with van der Waals surface area (Å²) in [6.07, 6.45) is -7.21. The standard InChI is InChI=1S/C25H23F6N5O6S/c26-24(27,28)41-18-3-1-16(2-4-18)11-34-23(38)21-14-35(22-13-32-17(15-37)12-33-22)9-10-36(21)43(39,40)20-7-5-19(6-8-20)42-25(29,30)31/h1-8,12-13,21,37H,9-11,14-15H2,(H,34,38)/t21-/m1/s1. The van der Waals surface area contributed by atoms with E-state index in [2.05, 4.69) is 24.8 Å². The lowest BCUT2D eigenvalue weighted by Crippen LogP contribution is -2.60. The highest BCUT2D eigenvalue weighted by Gasteiger charge is 2.41. The summed E-state index contributed by atoms with van der Waals surface area (Å²) in [7, 11) is -4.42. The molecule has 1 aliphatic heterocycles. The van der Waals surface area contributed by atoms with Crippen LogP contribution in [0.15, 0.2) is 65.8 Å². The van der Waals surface area contributed by atoms with Crippen molar-refractivity contribution in [1.82, 2.24) is 19.6 Å². The first-order valence-corrected chi connectivity index (χ1v) is 13.8. The van der Waals surface area contributed by atoms with E-state index in [0.29, 0.717) is 11.4 Å². The molecule has 1 aromatic heterocycles. The number of aliphatic hydroxyl groups is 1. The lowest BCUT2D eigenvalue weighted by Gasteiger charge is -2.40. The molecule has 1 amide bonds. The Kier molecular flexibility index (Phi) is 9.31. The van der Waals surface area contributed by atoms with Gasteiger partial charge in [-0.2, -0.15) is 4.31 Å². The average Bonchev–Trinajstić information content (AvgIpc) is 2.95. The summed E-state index contributed by atoms with van der Waals surface area (Å²) >= 11 is 0. The smallest absolute Gasteiger partial charge is 0.406 e. The van der Waals surface area contributed by atoms with Gasteiger partial charge < -0.3 is 24.8 Å². The molecule has 1 saturated heterocycles. The van der Waals surface area contributed by atoms with E-state index in [-0.39, 0.29) is 43.4 Å². The van der Waals surface area contributed by atoms with Gasteiger partial charge in [-0.25, -0.2) is 13.4 Å². The minimum Gasteiger partial charge on any atom is -0.406 e. The molecule has 2 N–H and O–H groups in total. The Balaban J connectivity index is 1.55. The molecule has 0 unspecified atom stereocenters. The van der Waals surface area contributed by atoms with Gasteiger partial charge in [0.1, 0.15) is 23.4 Å². The molecule has 0 radical (unpaired) electrons. The van der Waals surface area contributed by atoms with Crippen molar-refractivity contribution < 1.29 is 54.1 Å². The van der Waals surface area contributed by atoms with Gasteiger partial charge in [0.2, 0.25) is 15.9 Å². The van der Waals surface area contributed by atoms with Crippen molar-refractivity contribution in [3.8, 4) is 11.5 Å². The number of piperazine rings is 1. The van der Waals surface area contributed by atoms with E-state index in [4.69, 9.17) is 0 Å². The fraction of sp³-hybridized carbons (Fsp3) is 0.320. The number of hydrogen-bond donors (Lipinski definition) is 2. The Labute approximate surface area is 240 Å². The minimum atomic E-state index is -4.98. The Bertz CT molecular complexity index is 1500. The summed E-state index contributed by atoms with van der Waals surface area (Å²) in [4.78, 5) is 22.8. The molecule has 1 aliphatic rings. The highest BCUT2D eigenvalue weighted by molar-refractivity contribution is 7.89. The number of sulfonamides is 1. The number of carbonyl (C=O) groups is 1. The van der Waals surface area contributed by atoms with Gasteiger partial charge in [0.15, 0.2) is 0 Å². The number of hydrogen-bond acceptors (Lipinski definition) is 9. The van der Waals surface area contributed by atoms with Crippen molar-refractivity contribution in [2.45, 2.75) is 36.8 Å². The van der Waals surface area contributed by atoms with Crippen molar-refractivity contribution in [1.29, 1.82) is 0 Å². The van der Waals surface area contributed by atoms with Crippen LogP contribution in [-0.4, -0.2) is 72.1 Å². The molecule has 43 heavy (non-hydrogen) atoms. The zero-order chi connectivity index (χ0) is 31.4. The minimum absolute atomic E-state index is 0.0616. The number of nitrogens with zero attached hydrogens (tertiary/aromatic N) is 4. The topological polar surface area (TPSA) is 134 Å². The van der Waals surface area contributed by atoms with Crippen molar-refractivity contribution in [2.24, 2.45) is 0 Å². The van der Waals surface area contributed by atoms with Crippen LogP contribution in [0.3, 0.4) is 0 Å². The number of alkyl halides is 6. The van der Waals surface area contributed by atoms with E-state index >= 15 is 0 Å². The van der Waals surface area contributed by atoms with E-state index in [1.807, 2.05) is 0 Å². The third-order valence-corrected chi connectivity index (χ3v) is 8.02. The number of halogens is 6. The van der Waals surface area contributed by atoms with Gasteiger partial charge in [-0.1, -0.05) is 12.1 Å². The second-order valence-corrected chi connectivity index (χ2v) is 10.9. The Morgan fingerprint density at radius 1 is 0.907 bits per heavy atom. The normalized spacial score (nSPS) is 16.5. The van der Waals surface area contributed by atoms with Crippen LogP contribution in [0.5, 0.6) is 11.5 Å². The molecule has 0 saturated carbocycles. The summed E-state index contributed by atoms with van der Waals surface area (Å²) < 4.78 is 110. The number of anilines is 1. The van der Waals surface area contributed by atoms with Gasteiger partial charge in [-0.3, -0.25) is 9.78 Å². The monoisotopic (exact) mass is 635 g/mol. The van der Waals surface area contributed by atoms with Gasteiger partial charge in [-0.15, -0.1) is 26.3 Å². The number of rotatable bonds is 9. The number of aromatic nitrogens is 2. The molecular weight excluding hydrogens is 612 g/mol. The first-order valence-electron chi connectivity index (χ1n) is 12.3. The van der Waals surface area contributed by atoms with Crippen LogP contribution in [0.25, 0.3) is 0 Å². The molecule has 2 heterocycles. The molecule has 2 aromatic carbocycles. The van der Waals surface area contributed by atoms with E-state index in [1.165, 1.54) is 24.5 Å². The lowest BCUT2D eigenvalue weighted by atomic mass is 10.1. The lowest BCUT2D eigenvalue weighted by molar-refractivity contribution is -0.275. The van der Waals surface area contributed by atoms with Gasteiger partial charge in [0.25, 0.3) is 0 Å². The SMILES string of the molecule is O=C(NCc1ccc(OC(F)(F)F)cc1)[C@H]1CN(c2cnc(CO)cn2)CCN1S(=O)(=O)c1ccc(OC(F)(F)F)cc1. The maximum atomic E-state index is 13.6. The molecule has 0 spiro atoms. The predicted octanol–water partition coefficient (Wildman–Crippen LogP) is 2.96. The van der Waals surface area contributed by atoms with Crippen LogP contribution in [0.1, 0.15) is 11.3 Å². The molecule has 1 fully saturated rings. The number of benzene rings is 2. The third kappa shape index (κ3) is 8.45. The van der Waals surface area contributed by atoms with Gasteiger partial charge in [0.05, 0.1) is 29.6 Å². The summed E-state index contributed by atoms with van der Waals surface area (Å²) in [6.45, 7) is -0.906. The van der Waals surface area contributed by atoms with Crippen LogP contribution < -0.4 is 19.7 Å². The van der Waals surface area contributed by atoms with Crippen LogP contribution >= 0.6 is 0 Å². The second-order valence-electron chi connectivity index (χ2n) is 9.03. The van der Waals surface area contributed by atoms with Crippen LogP contribution in [0.2, 0.25) is 0 Å². The van der Waals surface area contributed by atoms with E-state index in [9.17, 15) is 44.7 Å². The maximum absolute atomic E-state index is 13.6. The Hall–Kier alpha value is -4.16. The van der Waals surface area contributed by atoms with Gasteiger partial charge in [-0.05, 0) is 42.0 Å². The van der Waals surface area contributed by atoms with Crippen LogP contribution in [-0.2, 0) is 28.0 Å². The molecule has 4 rings (SSSR count). The fourth-order valence-corrected chi connectivity index (χ4v) is 5.70. The van der Waals surface area contributed by atoms with Crippen molar-refractivity contribution in [2.75, 3.05) is 24.5 Å². The number of aliphatic hydroxyl groups excluding tert-OH is 1. The summed E-state index contributed by atoms with van der Waals surface area (Å²) in [5.74, 6) is -1.58. The third-order valence-electron chi connectivity index (χ3n) is 6.10. The van der Waals surface area contributed by atoms with E-state index in [1.54, 1.807) is 4.90 Å². The zero-order valence-electron chi connectivity index (χ0n) is 21.8. The fourth-order valence-electron chi connectivity index (χ4n) is 4.13. The number of amides is 1. The Morgan fingerprint density at radius 2 is 1.49 bits per heavy atom. The molecule has 0 aliphatic carbocycles. The summed E-state index contributed by atoms with van der Waals surface area (Å²) in [6, 6.07) is 6.80. The number of nitrogens with one attached hydrogen (secondary N) is 1. The molecule has 0 bridgehead atoms. The largest absolute Gasteiger partial charge is 0.573 e. The van der Waals surface area contributed by atoms with E-state index in [0.717, 1.165) is 40.7 Å². The first kappa shape index (κ1) is 31.8. The molecule has 18 heteroatoms. The second kappa shape index (κ2) is 12.6. The van der Waals surface area contributed by atoms with Gasteiger partial charge >= 0.3 is 12.7 Å². The molecular formula is C25H23F6N5O6S. The van der Waals surface area contributed by atoms with E-state index < -0.39 is 46.2 Å². The number of ether oxygens (including phenoxy) is 2.